The van der Waals surface area contributed by atoms with Gasteiger partial charge in [-0.2, -0.15) is 12.6 Å². The number of para-hydroxylation sites is 1. The SMILES string of the molecule is O=C1CCCc2ccccc2N1CC1(CS)CCC1. The molecule has 2 aliphatic rings. The van der Waals surface area contributed by atoms with Crippen LogP contribution < -0.4 is 4.90 Å². The van der Waals surface area contributed by atoms with Gasteiger partial charge in [0.25, 0.3) is 0 Å². The number of aryl methyl sites for hydroxylation is 1. The number of hydrogen-bond donors (Lipinski definition) is 1. The van der Waals surface area contributed by atoms with Crippen molar-refractivity contribution in [3.63, 3.8) is 0 Å². The minimum Gasteiger partial charge on any atom is -0.312 e. The normalized spacial score (nSPS) is 21.5. The Balaban J connectivity index is 1.91. The molecule has 0 bridgehead atoms. The van der Waals surface area contributed by atoms with Crippen molar-refractivity contribution in [1.82, 2.24) is 0 Å². The zero-order chi connectivity index (χ0) is 13.3. The summed E-state index contributed by atoms with van der Waals surface area (Å²) in [6.07, 6.45) is 6.37. The van der Waals surface area contributed by atoms with Gasteiger partial charge in [-0.25, -0.2) is 0 Å². The lowest BCUT2D eigenvalue weighted by atomic mass is 9.70. The number of anilines is 1. The molecule has 0 saturated heterocycles. The molecule has 19 heavy (non-hydrogen) atoms. The molecular formula is C16H21NOS. The summed E-state index contributed by atoms with van der Waals surface area (Å²) in [6, 6.07) is 8.38. The van der Waals surface area contributed by atoms with E-state index in [0.29, 0.717) is 6.42 Å². The van der Waals surface area contributed by atoms with Crippen LogP contribution in [0.3, 0.4) is 0 Å². The first-order valence-electron chi connectivity index (χ1n) is 7.23. The molecule has 1 aliphatic heterocycles. The van der Waals surface area contributed by atoms with Crippen molar-refractivity contribution in [2.45, 2.75) is 38.5 Å². The van der Waals surface area contributed by atoms with E-state index in [1.54, 1.807) is 0 Å². The molecule has 0 unspecified atom stereocenters. The van der Waals surface area contributed by atoms with E-state index in [1.807, 2.05) is 11.0 Å². The lowest BCUT2D eigenvalue weighted by Gasteiger charge is -2.44. The van der Waals surface area contributed by atoms with E-state index in [1.165, 1.54) is 24.8 Å². The second-order valence-corrected chi connectivity index (χ2v) is 6.29. The maximum absolute atomic E-state index is 12.4. The van der Waals surface area contributed by atoms with Crippen LogP contribution in [0.5, 0.6) is 0 Å². The van der Waals surface area contributed by atoms with Gasteiger partial charge in [0, 0.05) is 18.7 Å². The largest absolute Gasteiger partial charge is 0.312 e. The number of thiol groups is 1. The lowest BCUT2D eigenvalue weighted by Crippen LogP contribution is -2.46. The molecule has 0 atom stereocenters. The fourth-order valence-electron chi connectivity index (χ4n) is 3.24. The molecule has 2 nitrogen and oxygen atoms in total. The number of benzene rings is 1. The Bertz CT molecular complexity index is 476. The molecule has 0 N–H and O–H groups in total. The highest BCUT2D eigenvalue weighted by molar-refractivity contribution is 7.80. The van der Waals surface area contributed by atoms with Gasteiger partial charge < -0.3 is 4.90 Å². The topological polar surface area (TPSA) is 20.3 Å². The van der Waals surface area contributed by atoms with Crippen LogP contribution in [0, 0.1) is 5.41 Å². The van der Waals surface area contributed by atoms with E-state index in [4.69, 9.17) is 0 Å². The summed E-state index contributed by atoms with van der Waals surface area (Å²) >= 11 is 4.52. The zero-order valence-corrected chi connectivity index (χ0v) is 12.2. The van der Waals surface area contributed by atoms with E-state index in [0.717, 1.165) is 30.8 Å². The quantitative estimate of drug-likeness (QED) is 0.838. The molecule has 1 aromatic carbocycles. The number of fused-ring (bicyclic) bond motifs is 1. The summed E-state index contributed by atoms with van der Waals surface area (Å²) in [4.78, 5) is 14.5. The molecule has 1 fully saturated rings. The first kappa shape index (κ1) is 13.0. The minimum absolute atomic E-state index is 0.260. The van der Waals surface area contributed by atoms with E-state index >= 15 is 0 Å². The van der Waals surface area contributed by atoms with Gasteiger partial charge in [0.15, 0.2) is 0 Å². The Kier molecular flexibility index (Phi) is 3.57. The third-order valence-corrected chi connectivity index (χ3v) is 5.33. The van der Waals surface area contributed by atoms with Crippen molar-refractivity contribution < 1.29 is 4.79 Å². The fraction of sp³-hybridized carbons (Fsp3) is 0.562. The maximum Gasteiger partial charge on any atom is 0.227 e. The molecule has 0 spiro atoms. The molecule has 3 heteroatoms. The highest BCUT2D eigenvalue weighted by Gasteiger charge is 2.39. The Morgan fingerprint density at radius 2 is 1.95 bits per heavy atom. The first-order chi connectivity index (χ1) is 9.24. The van der Waals surface area contributed by atoms with Gasteiger partial charge in [-0.05, 0) is 48.5 Å². The Hall–Kier alpha value is -0.960. The maximum atomic E-state index is 12.4. The Morgan fingerprint density at radius 1 is 1.16 bits per heavy atom. The molecule has 1 aliphatic carbocycles. The van der Waals surface area contributed by atoms with E-state index in [2.05, 4.69) is 30.8 Å². The third kappa shape index (κ3) is 2.40. The second kappa shape index (κ2) is 5.20. The highest BCUT2D eigenvalue weighted by atomic mass is 32.1. The number of nitrogens with zero attached hydrogens (tertiary/aromatic N) is 1. The summed E-state index contributed by atoms with van der Waals surface area (Å²) in [5.41, 5.74) is 2.72. The van der Waals surface area contributed by atoms with E-state index in [-0.39, 0.29) is 11.3 Å². The van der Waals surface area contributed by atoms with Crippen LogP contribution in [0.4, 0.5) is 5.69 Å². The van der Waals surface area contributed by atoms with Crippen LogP contribution in [0.25, 0.3) is 0 Å². The van der Waals surface area contributed by atoms with Crippen LogP contribution in [0.2, 0.25) is 0 Å². The zero-order valence-electron chi connectivity index (χ0n) is 11.3. The predicted octanol–water partition coefficient (Wildman–Crippen LogP) is 3.46. The monoisotopic (exact) mass is 275 g/mol. The van der Waals surface area contributed by atoms with Gasteiger partial charge in [-0.3, -0.25) is 4.79 Å². The smallest absolute Gasteiger partial charge is 0.227 e. The third-order valence-electron chi connectivity index (χ3n) is 4.66. The first-order valence-corrected chi connectivity index (χ1v) is 7.86. The van der Waals surface area contributed by atoms with Crippen molar-refractivity contribution in [2.24, 2.45) is 5.41 Å². The van der Waals surface area contributed by atoms with Gasteiger partial charge in [0.1, 0.15) is 0 Å². The molecule has 1 amide bonds. The van der Waals surface area contributed by atoms with Gasteiger partial charge in [-0.15, -0.1) is 0 Å². The number of hydrogen-bond acceptors (Lipinski definition) is 2. The highest BCUT2D eigenvalue weighted by Crippen LogP contribution is 2.44. The molecule has 3 rings (SSSR count). The Labute approximate surface area is 120 Å². The molecule has 1 aromatic rings. The average molecular weight is 275 g/mol. The van der Waals surface area contributed by atoms with E-state index < -0.39 is 0 Å². The molecular weight excluding hydrogens is 254 g/mol. The fourth-order valence-corrected chi connectivity index (χ4v) is 3.65. The van der Waals surface area contributed by atoms with Gasteiger partial charge >= 0.3 is 0 Å². The van der Waals surface area contributed by atoms with Crippen molar-refractivity contribution in [3.05, 3.63) is 29.8 Å². The summed E-state index contributed by atoms with van der Waals surface area (Å²) in [7, 11) is 0. The number of carbonyl (C=O) groups is 1. The lowest BCUT2D eigenvalue weighted by molar-refractivity contribution is -0.119. The second-order valence-electron chi connectivity index (χ2n) is 5.97. The van der Waals surface area contributed by atoms with E-state index in [9.17, 15) is 4.79 Å². The minimum atomic E-state index is 0.260. The molecule has 0 radical (unpaired) electrons. The average Bonchev–Trinajstić information content (AvgIpc) is 2.53. The summed E-state index contributed by atoms with van der Waals surface area (Å²) < 4.78 is 0. The van der Waals surface area contributed by atoms with Crippen molar-refractivity contribution in [2.75, 3.05) is 17.2 Å². The van der Waals surface area contributed by atoms with Crippen LogP contribution >= 0.6 is 12.6 Å². The van der Waals surface area contributed by atoms with Gasteiger partial charge in [-0.1, -0.05) is 24.6 Å². The molecule has 1 saturated carbocycles. The number of amides is 1. The van der Waals surface area contributed by atoms with Gasteiger partial charge in [0.2, 0.25) is 5.91 Å². The van der Waals surface area contributed by atoms with Crippen molar-refractivity contribution in [1.29, 1.82) is 0 Å². The van der Waals surface area contributed by atoms with Crippen LogP contribution in [0.1, 0.15) is 37.7 Å². The number of rotatable bonds is 3. The van der Waals surface area contributed by atoms with Crippen molar-refractivity contribution >= 4 is 24.2 Å². The standard InChI is InChI=1S/C16H21NOS/c18-15-8-3-6-13-5-1-2-7-14(13)17(15)11-16(12-19)9-4-10-16/h1-2,5,7,19H,3-4,6,8-12H2. The van der Waals surface area contributed by atoms with Crippen molar-refractivity contribution in [3.8, 4) is 0 Å². The summed E-state index contributed by atoms with van der Waals surface area (Å²) in [6.45, 7) is 0.854. The summed E-state index contributed by atoms with van der Waals surface area (Å²) in [5.74, 6) is 1.18. The van der Waals surface area contributed by atoms with Crippen LogP contribution in [0.15, 0.2) is 24.3 Å². The van der Waals surface area contributed by atoms with Gasteiger partial charge in [0.05, 0.1) is 0 Å². The van der Waals surface area contributed by atoms with Crippen LogP contribution in [-0.2, 0) is 11.2 Å². The summed E-state index contributed by atoms with van der Waals surface area (Å²) in [5, 5.41) is 0. The number of carbonyl (C=O) groups excluding carboxylic acids is 1. The van der Waals surface area contributed by atoms with Crippen LogP contribution in [-0.4, -0.2) is 18.2 Å². The Morgan fingerprint density at radius 3 is 2.63 bits per heavy atom. The molecule has 1 heterocycles. The molecule has 102 valence electrons. The molecule has 0 aromatic heterocycles. The predicted molar refractivity (Wildman–Crippen MR) is 81.9 cm³/mol.